The predicted molar refractivity (Wildman–Crippen MR) is 136 cm³/mol. The molecule has 4 aromatic rings. The van der Waals surface area contributed by atoms with Crippen molar-refractivity contribution in [1.29, 1.82) is 0 Å². The molecule has 7 nitrogen and oxygen atoms in total. The van der Waals surface area contributed by atoms with Gasteiger partial charge < -0.3 is 9.88 Å². The molecule has 0 fully saturated rings. The van der Waals surface area contributed by atoms with Gasteiger partial charge in [0, 0.05) is 35.7 Å². The van der Waals surface area contributed by atoms with Crippen LogP contribution in [0.3, 0.4) is 0 Å². The van der Waals surface area contributed by atoms with Gasteiger partial charge in [0.1, 0.15) is 5.69 Å². The largest absolute Gasteiger partial charge is 0.321 e. The summed E-state index contributed by atoms with van der Waals surface area (Å²) in [4.78, 5) is 16.5. The van der Waals surface area contributed by atoms with E-state index in [0.717, 1.165) is 22.2 Å². The van der Waals surface area contributed by atoms with Crippen molar-refractivity contribution in [3.8, 4) is 5.69 Å². The van der Waals surface area contributed by atoms with Gasteiger partial charge >= 0.3 is 0 Å². The van der Waals surface area contributed by atoms with E-state index in [1.54, 1.807) is 38.2 Å². The molecule has 1 amide bonds. The van der Waals surface area contributed by atoms with Crippen LogP contribution < -0.4 is 10.0 Å². The van der Waals surface area contributed by atoms with Crippen LogP contribution in [0.25, 0.3) is 16.6 Å². The molecule has 0 spiro atoms. The number of benzene rings is 2. The maximum absolute atomic E-state index is 12.4. The number of rotatable bonds is 8. The monoisotopic (exact) mass is 476 g/mol. The molecule has 0 saturated heterocycles. The van der Waals surface area contributed by atoms with Crippen LogP contribution in [0.2, 0.25) is 0 Å². The topological polar surface area (TPSA) is 93.1 Å². The van der Waals surface area contributed by atoms with Gasteiger partial charge in [-0.2, -0.15) is 0 Å². The van der Waals surface area contributed by atoms with Crippen LogP contribution in [-0.2, 0) is 10.0 Å². The molecule has 0 bridgehead atoms. The van der Waals surface area contributed by atoms with E-state index in [1.807, 2.05) is 61.7 Å². The fourth-order valence-corrected chi connectivity index (χ4v) is 4.44. The summed E-state index contributed by atoms with van der Waals surface area (Å²) in [6.45, 7) is 5.70. The highest BCUT2D eigenvalue weighted by Crippen LogP contribution is 2.25. The highest BCUT2D eigenvalue weighted by Gasteiger charge is 2.17. The average Bonchev–Trinajstić information content (AvgIpc) is 3.26. The molecule has 1 unspecified atom stereocenters. The second-order valence-corrected chi connectivity index (χ2v) is 10.9. The third-order valence-electron chi connectivity index (χ3n) is 5.80. The molecule has 1 atom stereocenters. The standard InChI is InChI=1S/C26H28N4O3S/c1-18(2)34(32,33)28-17-19(3)20-7-10-23(11-8-20)30-15-13-21-16-22(9-12-25(21)30)29-26(31)24-6-4-5-14-27-24/h4-16,18-19,28H,17H2,1-3H3,(H,29,31). The molecule has 0 aliphatic rings. The third kappa shape index (κ3) is 5.18. The lowest BCUT2D eigenvalue weighted by Gasteiger charge is -2.16. The zero-order valence-electron chi connectivity index (χ0n) is 19.4. The van der Waals surface area contributed by atoms with E-state index in [9.17, 15) is 13.2 Å². The van der Waals surface area contributed by atoms with Crippen molar-refractivity contribution in [1.82, 2.24) is 14.3 Å². The minimum Gasteiger partial charge on any atom is -0.321 e. The van der Waals surface area contributed by atoms with Gasteiger partial charge in [-0.1, -0.05) is 25.1 Å². The van der Waals surface area contributed by atoms with Crippen molar-refractivity contribution in [2.75, 3.05) is 11.9 Å². The minimum atomic E-state index is -3.28. The lowest BCUT2D eigenvalue weighted by Crippen LogP contribution is -2.33. The van der Waals surface area contributed by atoms with E-state index in [0.29, 0.717) is 17.9 Å². The summed E-state index contributed by atoms with van der Waals surface area (Å²) in [7, 11) is -3.28. The molecular formula is C26H28N4O3S. The second-order valence-electron chi connectivity index (χ2n) is 8.56. The molecule has 0 saturated carbocycles. The fourth-order valence-electron chi connectivity index (χ4n) is 3.63. The van der Waals surface area contributed by atoms with Crippen LogP contribution in [0.15, 0.2) is 79.1 Å². The van der Waals surface area contributed by atoms with E-state index >= 15 is 0 Å². The molecule has 34 heavy (non-hydrogen) atoms. The lowest BCUT2D eigenvalue weighted by molar-refractivity contribution is 0.102. The summed E-state index contributed by atoms with van der Waals surface area (Å²) in [6, 6.07) is 21.1. The summed E-state index contributed by atoms with van der Waals surface area (Å²) in [5.41, 5.74) is 4.15. The van der Waals surface area contributed by atoms with Gasteiger partial charge in [-0.15, -0.1) is 0 Å². The summed E-state index contributed by atoms with van der Waals surface area (Å²) >= 11 is 0. The highest BCUT2D eigenvalue weighted by atomic mass is 32.2. The molecule has 0 aliphatic carbocycles. The van der Waals surface area contributed by atoms with E-state index in [2.05, 4.69) is 19.6 Å². The summed E-state index contributed by atoms with van der Waals surface area (Å²) in [6.07, 6.45) is 3.58. The van der Waals surface area contributed by atoms with Gasteiger partial charge in [-0.05, 0) is 73.9 Å². The molecule has 0 aliphatic heterocycles. The molecule has 2 aromatic heterocycles. The number of hydrogen-bond donors (Lipinski definition) is 2. The van der Waals surface area contributed by atoms with Crippen molar-refractivity contribution in [2.45, 2.75) is 31.9 Å². The fraction of sp³-hybridized carbons (Fsp3) is 0.231. The van der Waals surface area contributed by atoms with E-state index in [1.165, 1.54) is 0 Å². The van der Waals surface area contributed by atoms with Gasteiger partial charge in [0.25, 0.3) is 5.91 Å². The van der Waals surface area contributed by atoms with E-state index < -0.39 is 15.3 Å². The Bertz CT molecular complexity index is 1400. The number of anilines is 1. The van der Waals surface area contributed by atoms with Crippen molar-refractivity contribution in [3.05, 3.63) is 90.4 Å². The second kappa shape index (κ2) is 9.79. The Balaban J connectivity index is 1.48. The Labute approximate surface area is 199 Å². The summed E-state index contributed by atoms with van der Waals surface area (Å²) in [5, 5.41) is 3.44. The molecule has 2 N–H and O–H groups in total. The number of aromatic nitrogens is 2. The van der Waals surface area contributed by atoms with Crippen molar-refractivity contribution >= 4 is 32.5 Å². The van der Waals surface area contributed by atoms with Crippen LogP contribution in [0.4, 0.5) is 5.69 Å². The molecule has 8 heteroatoms. The van der Waals surface area contributed by atoms with Crippen LogP contribution in [-0.4, -0.2) is 35.7 Å². The van der Waals surface area contributed by atoms with Gasteiger partial charge in [0.05, 0.1) is 10.8 Å². The van der Waals surface area contributed by atoms with Crippen LogP contribution >= 0.6 is 0 Å². The lowest BCUT2D eigenvalue weighted by atomic mass is 10.0. The number of carbonyl (C=O) groups excluding carboxylic acids is 1. The first-order valence-corrected chi connectivity index (χ1v) is 12.7. The first-order chi connectivity index (χ1) is 16.2. The van der Waals surface area contributed by atoms with Gasteiger partial charge in [0.2, 0.25) is 10.0 Å². The average molecular weight is 477 g/mol. The number of pyridine rings is 1. The molecule has 0 radical (unpaired) electrons. The molecule has 2 aromatic carbocycles. The number of sulfonamides is 1. The first kappa shape index (κ1) is 23.7. The number of amides is 1. The van der Waals surface area contributed by atoms with Gasteiger partial charge in [-0.25, -0.2) is 13.1 Å². The smallest absolute Gasteiger partial charge is 0.274 e. The zero-order valence-corrected chi connectivity index (χ0v) is 20.2. The molecular weight excluding hydrogens is 448 g/mol. The number of carbonyl (C=O) groups is 1. The minimum absolute atomic E-state index is 0.0502. The Hall–Kier alpha value is -3.49. The van der Waals surface area contributed by atoms with Crippen molar-refractivity contribution in [3.63, 3.8) is 0 Å². The summed E-state index contributed by atoms with van der Waals surface area (Å²) < 4.78 is 28.8. The number of nitrogens with zero attached hydrogens (tertiary/aromatic N) is 2. The zero-order chi connectivity index (χ0) is 24.3. The van der Waals surface area contributed by atoms with Gasteiger partial charge in [0.15, 0.2) is 0 Å². The third-order valence-corrected chi connectivity index (χ3v) is 7.61. The Morgan fingerprint density at radius 1 is 1.00 bits per heavy atom. The highest BCUT2D eigenvalue weighted by molar-refractivity contribution is 7.90. The van der Waals surface area contributed by atoms with Gasteiger partial charge in [-0.3, -0.25) is 9.78 Å². The normalized spacial score (nSPS) is 12.7. The predicted octanol–water partition coefficient (Wildman–Crippen LogP) is 4.71. The molecule has 2 heterocycles. The first-order valence-electron chi connectivity index (χ1n) is 11.2. The number of nitrogens with one attached hydrogen (secondary N) is 2. The van der Waals surface area contributed by atoms with E-state index in [4.69, 9.17) is 0 Å². The van der Waals surface area contributed by atoms with Crippen LogP contribution in [0.5, 0.6) is 0 Å². The molecule has 4 rings (SSSR count). The van der Waals surface area contributed by atoms with E-state index in [-0.39, 0.29) is 11.8 Å². The maximum Gasteiger partial charge on any atom is 0.274 e. The summed E-state index contributed by atoms with van der Waals surface area (Å²) in [5.74, 6) is -0.200. The Morgan fingerprint density at radius 2 is 1.76 bits per heavy atom. The number of hydrogen-bond acceptors (Lipinski definition) is 4. The Kier molecular flexibility index (Phi) is 6.81. The quantitative estimate of drug-likeness (QED) is 0.385. The van der Waals surface area contributed by atoms with Crippen molar-refractivity contribution in [2.24, 2.45) is 0 Å². The molecule has 176 valence electrons. The number of fused-ring (bicyclic) bond motifs is 1. The Morgan fingerprint density at radius 3 is 2.44 bits per heavy atom. The van der Waals surface area contributed by atoms with Crippen LogP contribution in [0, 0.1) is 0 Å². The maximum atomic E-state index is 12.4. The SMILES string of the molecule is CC(CNS(=O)(=O)C(C)C)c1ccc(-n2ccc3cc(NC(=O)c4ccccn4)ccc32)cc1. The van der Waals surface area contributed by atoms with Crippen LogP contribution in [0.1, 0.15) is 42.7 Å². The van der Waals surface area contributed by atoms with Crippen molar-refractivity contribution < 1.29 is 13.2 Å².